The van der Waals surface area contributed by atoms with Gasteiger partial charge in [-0.15, -0.1) is 0 Å². The van der Waals surface area contributed by atoms with Crippen molar-refractivity contribution in [1.82, 2.24) is 4.90 Å². The summed E-state index contributed by atoms with van der Waals surface area (Å²) in [5.74, 6) is 2.12. The second-order valence-corrected chi connectivity index (χ2v) is 7.71. The Morgan fingerprint density at radius 2 is 1.82 bits per heavy atom. The number of hydrogen-bond acceptors (Lipinski definition) is 3. The van der Waals surface area contributed by atoms with Crippen molar-refractivity contribution in [3.63, 3.8) is 0 Å². The van der Waals surface area contributed by atoms with Gasteiger partial charge < -0.3 is 14.7 Å². The minimum Gasteiger partial charge on any atom is -0.389 e. The third-order valence-corrected chi connectivity index (χ3v) is 5.38. The molecule has 22 heavy (non-hydrogen) atoms. The number of β-amino-alcohol motifs (C(OH)–C–C–N with tert-alkyl or cyclic N) is 1. The third kappa shape index (κ3) is 6.17. The van der Waals surface area contributed by atoms with Crippen LogP contribution in [-0.2, 0) is 4.74 Å². The summed E-state index contributed by atoms with van der Waals surface area (Å²) in [5, 5.41) is 10.3. The molecule has 2 rings (SSSR count). The fourth-order valence-electron chi connectivity index (χ4n) is 4.03. The molecular formula is C19H39NO2. The zero-order valence-corrected chi connectivity index (χ0v) is 14.3. The maximum atomic E-state index is 10.3. The molecular weight excluding hydrogens is 274 g/mol. The molecule has 1 N–H and O–H groups in total. The van der Waals surface area contributed by atoms with Gasteiger partial charge >= 0.3 is 0 Å². The van der Waals surface area contributed by atoms with E-state index in [4.69, 9.17) is 4.74 Å². The minimum absolute atomic E-state index is 0. The van der Waals surface area contributed by atoms with Crippen LogP contribution in [0.25, 0.3) is 0 Å². The van der Waals surface area contributed by atoms with E-state index in [1.165, 1.54) is 38.5 Å². The average molecular weight is 314 g/mol. The van der Waals surface area contributed by atoms with Gasteiger partial charge in [-0.3, -0.25) is 0 Å². The second-order valence-electron chi connectivity index (χ2n) is 7.71. The van der Waals surface area contributed by atoms with Crippen molar-refractivity contribution in [3.8, 4) is 0 Å². The Bertz CT molecular complexity index is 289. The smallest absolute Gasteiger partial charge is 0.0900 e. The highest BCUT2D eigenvalue weighted by atomic mass is 16.5. The van der Waals surface area contributed by atoms with Crippen molar-refractivity contribution in [2.75, 3.05) is 26.2 Å². The SMILES string of the molecule is C.CC1CCC(C(C)C)C(OCC(O)CN2CCCCC2)C1. The molecule has 3 heteroatoms. The van der Waals surface area contributed by atoms with E-state index in [-0.39, 0.29) is 13.5 Å². The molecule has 0 radical (unpaired) electrons. The number of hydrogen-bond donors (Lipinski definition) is 1. The monoisotopic (exact) mass is 313 g/mol. The molecule has 2 fully saturated rings. The molecule has 0 spiro atoms. The predicted octanol–water partition coefficient (Wildman–Crippen LogP) is 3.95. The molecule has 3 nitrogen and oxygen atoms in total. The average Bonchev–Trinajstić information content (AvgIpc) is 2.46. The largest absolute Gasteiger partial charge is 0.389 e. The fourth-order valence-corrected chi connectivity index (χ4v) is 4.03. The van der Waals surface area contributed by atoms with E-state index >= 15 is 0 Å². The quantitative estimate of drug-likeness (QED) is 0.806. The number of rotatable bonds is 6. The summed E-state index contributed by atoms with van der Waals surface area (Å²) >= 11 is 0. The Balaban J connectivity index is 0.00000242. The molecule has 0 aromatic carbocycles. The van der Waals surface area contributed by atoms with Crippen molar-refractivity contribution in [3.05, 3.63) is 0 Å². The number of piperidine rings is 1. The van der Waals surface area contributed by atoms with Crippen LogP contribution in [0.15, 0.2) is 0 Å². The molecule has 2 aliphatic rings. The molecule has 1 aliphatic carbocycles. The highest BCUT2D eigenvalue weighted by Gasteiger charge is 2.31. The van der Waals surface area contributed by atoms with Gasteiger partial charge in [-0.1, -0.05) is 41.0 Å². The van der Waals surface area contributed by atoms with Gasteiger partial charge in [0.2, 0.25) is 0 Å². The molecule has 1 saturated heterocycles. The molecule has 1 heterocycles. The molecule has 4 unspecified atom stereocenters. The van der Waals surface area contributed by atoms with Crippen LogP contribution in [0.4, 0.5) is 0 Å². The van der Waals surface area contributed by atoms with E-state index < -0.39 is 0 Å². The van der Waals surface area contributed by atoms with Crippen molar-refractivity contribution >= 4 is 0 Å². The van der Waals surface area contributed by atoms with Crippen molar-refractivity contribution in [1.29, 1.82) is 0 Å². The molecule has 0 aromatic heterocycles. The van der Waals surface area contributed by atoms with Crippen LogP contribution in [0.5, 0.6) is 0 Å². The van der Waals surface area contributed by atoms with Gasteiger partial charge in [0.15, 0.2) is 0 Å². The van der Waals surface area contributed by atoms with E-state index in [1.807, 2.05) is 0 Å². The van der Waals surface area contributed by atoms with Gasteiger partial charge in [-0.05, 0) is 56.5 Å². The Kier molecular flexibility index (Phi) is 8.96. The lowest BCUT2D eigenvalue weighted by atomic mass is 9.75. The molecule has 132 valence electrons. The summed E-state index contributed by atoms with van der Waals surface area (Å²) in [4.78, 5) is 2.39. The van der Waals surface area contributed by atoms with E-state index in [2.05, 4.69) is 25.7 Å². The number of likely N-dealkylation sites (tertiary alicyclic amines) is 1. The van der Waals surface area contributed by atoms with Crippen molar-refractivity contribution < 1.29 is 9.84 Å². The number of aliphatic hydroxyl groups excluding tert-OH is 1. The van der Waals surface area contributed by atoms with Crippen LogP contribution in [0.1, 0.15) is 66.7 Å². The maximum absolute atomic E-state index is 10.3. The first kappa shape index (κ1) is 19.9. The van der Waals surface area contributed by atoms with Gasteiger partial charge in [-0.25, -0.2) is 0 Å². The van der Waals surface area contributed by atoms with Crippen LogP contribution in [0.3, 0.4) is 0 Å². The number of nitrogens with zero attached hydrogens (tertiary/aromatic N) is 1. The minimum atomic E-state index is -0.326. The van der Waals surface area contributed by atoms with Crippen molar-refractivity contribution in [2.45, 2.75) is 78.9 Å². The van der Waals surface area contributed by atoms with Crippen LogP contribution in [-0.4, -0.2) is 48.5 Å². The number of aliphatic hydroxyl groups is 1. The first-order valence-corrected chi connectivity index (χ1v) is 9.08. The lowest BCUT2D eigenvalue weighted by Gasteiger charge is -2.38. The Labute approximate surface area is 138 Å². The summed E-state index contributed by atoms with van der Waals surface area (Å²) in [7, 11) is 0. The van der Waals surface area contributed by atoms with Crippen LogP contribution in [0.2, 0.25) is 0 Å². The molecule has 1 saturated carbocycles. The summed E-state index contributed by atoms with van der Waals surface area (Å²) in [6, 6.07) is 0. The fraction of sp³-hybridized carbons (Fsp3) is 1.00. The van der Waals surface area contributed by atoms with E-state index in [0.29, 0.717) is 24.5 Å². The first-order chi connectivity index (χ1) is 10.1. The van der Waals surface area contributed by atoms with Crippen LogP contribution >= 0.6 is 0 Å². The summed E-state index contributed by atoms with van der Waals surface area (Å²) in [5.41, 5.74) is 0. The normalized spacial score (nSPS) is 31.8. The van der Waals surface area contributed by atoms with Crippen LogP contribution < -0.4 is 0 Å². The lowest BCUT2D eigenvalue weighted by molar-refractivity contribution is -0.0744. The van der Waals surface area contributed by atoms with Gasteiger partial charge in [0, 0.05) is 6.54 Å². The predicted molar refractivity (Wildman–Crippen MR) is 94.1 cm³/mol. The number of ether oxygens (including phenoxy) is 1. The molecule has 1 aliphatic heterocycles. The zero-order chi connectivity index (χ0) is 15.2. The van der Waals surface area contributed by atoms with Gasteiger partial charge in [0.25, 0.3) is 0 Å². The van der Waals surface area contributed by atoms with Crippen molar-refractivity contribution in [2.24, 2.45) is 17.8 Å². The standard InChI is InChI=1S/C18H35NO2.CH4/c1-14(2)17-8-7-15(3)11-18(17)21-13-16(20)12-19-9-5-4-6-10-19;/h14-18,20H,4-13H2,1-3H3;1H4. The highest BCUT2D eigenvalue weighted by molar-refractivity contribution is 4.82. The molecule has 0 aromatic rings. The lowest BCUT2D eigenvalue weighted by Crippen LogP contribution is -2.40. The molecule has 0 amide bonds. The Morgan fingerprint density at radius 1 is 1.14 bits per heavy atom. The second kappa shape index (κ2) is 9.89. The maximum Gasteiger partial charge on any atom is 0.0900 e. The summed E-state index contributed by atoms with van der Waals surface area (Å²) in [6.45, 7) is 10.5. The molecule has 0 bridgehead atoms. The first-order valence-electron chi connectivity index (χ1n) is 9.08. The van der Waals surface area contributed by atoms with Gasteiger partial charge in [0.1, 0.15) is 0 Å². The highest BCUT2D eigenvalue weighted by Crippen LogP contribution is 2.35. The van der Waals surface area contributed by atoms with E-state index in [0.717, 1.165) is 25.6 Å². The summed E-state index contributed by atoms with van der Waals surface area (Å²) in [6.07, 6.45) is 7.72. The van der Waals surface area contributed by atoms with Gasteiger partial charge in [0.05, 0.1) is 18.8 Å². The molecule has 4 atom stereocenters. The Morgan fingerprint density at radius 3 is 2.45 bits per heavy atom. The summed E-state index contributed by atoms with van der Waals surface area (Å²) < 4.78 is 6.15. The van der Waals surface area contributed by atoms with E-state index in [9.17, 15) is 5.11 Å². The topological polar surface area (TPSA) is 32.7 Å². The third-order valence-electron chi connectivity index (χ3n) is 5.38. The zero-order valence-electron chi connectivity index (χ0n) is 14.3. The van der Waals surface area contributed by atoms with Crippen LogP contribution in [0, 0.1) is 17.8 Å². The van der Waals surface area contributed by atoms with Gasteiger partial charge in [-0.2, -0.15) is 0 Å². The van der Waals surface area contributed by atoms with E-state index in [1.54, 1.807) is 0 Å². The Hall–Kier alpha value is -0.120.